The Bertz CT molecular complexity index is 898. The Hall–Kier alpha value is -2.41. The number of hydrogen-bond donors (Lipinski definition) is 1. The Morgan fingerprint density at radius 1 is 1.17 bits per heavy atom. The summed E-state index contributed by atoms with van der Waals surface area (Å²) in [5, 5.41) is 0. The second kappa shape index (κ2) is 9.60. The number of esters is 1. The van der Waals surface area contributed by atoms with Gasteiger partial charge in [0.2, 0.25) is 0 Å². The summed E-state index contributed by atoms with van der Waals surface area (Å²) in [6.07, 6.45) is -4.87. The number of ether oxygens (including phenoxy) is 2. The Kier molecular flexibility index (Phi) is 7.64. The van der Waals surface area contributed by atoms with E-state index in [1.54, 1.807) is 4.72 Å². The maximum Gasteiger partial charge on any atom is 0.392 e. The van der Waals surface area contributed by atoms with Crippen molar-refractivity contribution in [3.63, 3.8) is 0 Å². The van der Waals surface area contributed by atoms with Gasteiger partial charge in [-0.15, -0.1) is 0 Å². The van der Waals surface area contributed by atoms with Crippen LogP contribution in [0.2, 0.25) is 0 Å². The molecule has 13 heteroatoms. The fourth-order valence-corrected chi connectivity index (χ4v) is 3.89. The Balaban J connectivity index is 2.34. The van der Waals surface area contributed by atoms with Gasteiger partial charge in [0.1, 0.15) is 0 Å². The first kappa shape index (κ1) is 23.9. The molecule has 1 N–H and O–H groups in total. The molecule has 0 bridgehead atoms. The van der Waals surface area contributed by atoms with E-state index in [1.165, 1.54) is 6.92 Å². The molecule has 1 heterocycles. The number of rotatable bonds is 8. The minimum atomic E-state index is -4.61. The van der Waals surface area contributed by atoms with Crippen LogP contribution in [-0.4, -0.2) is 57.1 Å². The molecule has 0 spiro atoms. The number of halogens is 4. The van der Waals surface area contributed by atoms with Crippen LogP contribution in [0.15, 0.2) is 12.1 Å². The standard InChI is InChI=1S/C17H20F4N2O6S/c1-2-28-16(25)11-5-6-12(14(13(11)18)29-10-7-17(19,20)21)15(24)22-30(26,27)23-8-3-4-9-23/h5-6H,2-4,7-10H2,1H3,(H,22,24). The van der Waals surface area contributed by atoms with E-state index in [0.29, 0.717) is 12.8 Å². The second-order valence-electron chi connectivity index (χ2n) is 6.28. The number of nitrogens with zero attached hydrogens (tertiary/aromatic N) is 1. The van der Waals surface area contributed by atoms with Crippen molar-refractivity contribution in [2.75, 3.05) is 26.3 Å². The fraction of sp³-hybridized carbons (Fsp3) is 0.529. The van der Waals surface area contributed by atoms with Gasteiger partial charge in [-0.25, -0.2) is 13.9 Å². The Morgan fingerprint density at radius 3 is 2.33 bits per heavy atom. The number of carbonyl (C=O) groups excluding carboxylic acids is 2. The molecule has 1 saturated heterocycles. The number of carbonyl (C=O) groups is 2. The first-order chi connectivity index (χ1) is 14.0. The summed E-state index contributed by atoms with van der Waals surface area (Å²) in [6.45, 7) is 0.688. The van der Waals surface area contributed by atoms with Crippen LogP contribution in [0.25, 0.3) is 0 Å². The van der Waals surface area contributed by atoms with Gasteiger partial charge in [-0.3, -0.25) is 4.79 Å². The van der Waals surface area contributed by atoms with Crippen LogP contribution in [0.1, 0.15) is 46.9 Å². The van der Waals surface area contributed by atoms with E-state index in [0.717, 1.165) is 16.4 Å². The second-order valence-corrected chi connectivity index (χ2v) is 7.95. The molecule has 0 radical (unpaired) electrons. The van der Waals surface area contributed by atoms with E-state index >= 15 is 0 Å². The van der Waals surface area contributed by atoms with Crippen LogP contribution in [-0.2, 0) is 14.9 Å². The molecule has 0 saturated carbocycles. The summed E-state index contributed by atoms with van der Waals surface area (Å²) in [6, 6.07) is 1.74. The largest absolute Gasteiger partial charge is 0.489 e. The van der Waals surface area contributed by atoms with Gasteiger partial charge in [0, 0.05) is 13.1 Å². The van der Waals surface area contributed by atoms with Crippen molar-refractivity contribution in [3.05, 3.63) is 29.1 Å². The third kappa shape index (κ3) is 6.05. The fourth-order valence-electron chi connectivity index (χ4n) is 2.68. The van der Waals surface area contributed by atoms with Gasteiger partial charge in [-0.1, -0.05) is 0 Å². The number of benzene rings is 1. The normalized spacial score (nSPS) is 15.1. The lowest BCUT2D eigenvalue weighted by molar-refractivity contribution is -0.139. The number of alkyl halides is 3. The highest BCUT2D eigenvalue weighted by Gasteiger charge is 2.32. The average molecular weight is 456 g/mol. The van der Waals surface area contributed by atoms with Gasteiger partial charge in [-0.2, -0.15) is 25.9 Å². The SMILES string of the molecule is CCOC(=O)c1ccc(C(=O)NS(=O)(=O)N2CCCC2)c(OCCC(F)(F)F)c1F. The van der Waals surface area contributed by atoms with Crippen molar-refractivity contribution in [1.29, 1.82) is 0 Å². The maximum atomic E-state index is 14.8. The van der Waals surface area contributed by atoms with Crippen LogP contribution >= 0.6 is 0 Å². The van der Waals surface area contributed by atoms with Crippen LogP contribution in [0, 0.1) is 5.82 Å². The van der Waals surface area contributed by atoms with Crippen LogP contribution in [0.4, 0.5) is 17.6 Å². The zero-order valence-corrected chi connectivity index (χ0v) is 16.7. The summed E-state index contributed by atoms with van der Waals surface area (Å²) in [5.41, 5.74) is -1.34. The first-order valence-electron chi connectivity index (χ1n) is 8.97. The molecule has 0 aromatic heterocycles. The van der Waals surface area contributed by atoms with Crippen LogP contribution in [0.5, 0.6) is 5.75 Å². The Labute approximate surface area is 170 Å². The highest BCUT2D eigenvalue weighted by Crippen LogP contribution is 2.29. The summed E-state index contributed by atoms with van der Waals surface area (Å²) in [4.78, 5) is 24.3. The molecule has 1 aliphatic rings. The van der Waals surface area contributed by atoms with Gasteiger partial charge in [0.05, 0.1) is 30.8 Å². The van der Waals surface area contributed by atoms with E-state index in [9.17, 15) is 35.6 Å². The molecule has 0 atom stereocenters. The van der Waals surface area contributed by atoms with Crippen molar-refractivity contribution in [3.8, 4) is 5.75 Å². The summed E-state index contributed by atoms with van der Waals surface area (Å²) < 4.78 is 88.7. The summed E-state index contributed by atoms with van der Waals surface area (Å²) in [5.74, 6) is -4.83. The quantitative estimate of drug-likeness (QED) is 0.476. The molecule has 8 nitrogen and oxygen atoms in total. The lowest BCUT2D eigenvalue weighted by Crippen LogP contribution is -2.42. The number of hydrogen-bond acceptors (Lipinski definition) is 6. The van der Waals surface area contributed by atoms with Crippen LogP contribution < -0.4 is 9.46 Å². The smallest absolute Gasteiger partial charge is 0.392 e. The molecule has 1 fully saturated rings. The van der Waals surface area contributed by atoms with Crippen molar-refractivity contribution < 1.29 is 45.0 Å². The Morgan fingerprint density at radius 2 is 1.77 bits per heavy atom. The zero-order valence-electron chi connectivity index (χ0n) is 15.9. The van der Waals surface area contributed by atoms with Crippen LogP contribution in [0.3, 0.4) is 0 Å². The van der Waals surface area contributed by atoms with E-state index in [4.69, 9.17) is 4.74 Å². The molecule has 1 aliphatic heterocycles. The van der Waals surface area contributed by atoms with E-state index in [1.807, 2.05) is 0 Å². The van der Waals surface area contributed by atoms with Crippen molar-refractivity contribution in [1.82, 2.24) is 9.03 Å². The predicted octanol–water partition coefficient (Wildman–Crippen LogP) is 2.40. The van der Waals surface area contributed by atoms with Crippen molar-refractivity contribution in [2.24, 2.45) is 0 Å². The minimum absolute atomic E-state index is 0.0984. The van der Waals surface area contributed by atoms with E-state index in [2.05, 4.69) is 4.74 Å². The molecule has 1 amide bonds. The summed E-state index contributed by atoms with van der Waals surface area (Å²) in [7, 11) is -4.23. The molecule has 0 aliphatic carbocycles. The average Bonchev–Trinajstić information content (AvgIpc) is 3.17. The molecular formula is C17H20F4N2O6S. The lowest BCUT2D eigenvalue weighted by atomic mass is 10.1. The monoisotopic (exact) mass is 456 g/mol. The van der Waals surface area contributed by atoms with Gasteiger partial charge >= 0.3 is 22.4 Å². The molecule has 1 aromatic rings. The molecular weight excluding hydrogens is 436 g/mol. The zero-order chi connectivity index (χ0) is 22.5. The highest BCUT2D eigenvalue weighted by atomic mass is 32.2. The molecule has 30 heavy (non-hydrogen) atoms. The summed E-state index contributed by atoms with van der Waals surface area (Å²) >= 11 is 0. The first-order valence-corrected chi connectivity index (χ1v) is 10.4. The van der Waals surface area contributed by atoms with Gasteiger partial charge in [0.25, 0.3) is 5.91 Å². The molecule has 2 rings (SSSR count). The molecule has 168 valence electrons. The number of amides is 1. The molecule has 0 unspecified atom stereocenters. The number of nitrogens with one attached hydrogen (secondary N) is 1. The third-order valence-electron chi connectivity index (χ3n) is 4.10. The van der Waals surface area contributed by atoms with Crippen molar-refractivity contribution in [2.45, 2.75) is 32.4 Å². The minimum Gasteiger partial charge on any atom is -0.489 e. The lowest BCUT2D eigenvalue weighted by Gasteiger charge is -2.18. The van der Waals surface area contributed by atoms with Gasteiger partial charge in [-0.05, 0) is 31.9 Å². The topological polar surface area (TPSA) is 102 Å². The third-order valence-corrected chi connectivity index (χ3v) is 5.58. The predicted molar refractivity (Wildman–Crippen MR) is 95.7 cm³/mol. The van der Waals surface area contributed by atoms with Gasteiger partial charge < -0.3 is 9.47 Å². The van der Waals surface area contributed by atoms with E-state index in [-0.39, 0.29) is 19.7 Å². The highest BCUT2D eigenvalue weighted by molar-refractivity contribution is 7.87. The molecule has 1 aromatic carbocycles. The van der Waals surface area contributed by atoms with Gasteiger partial charge in [0.15, 0.2) is 11.6 Å². The van der Waals surface area contributed by atoms with Crippen molar-refractivity contribution >= 4 is 22.1 Å². The maximum absolute atomic E-state index is 14.8. The van der Waals surface area contributed by atoms with E-state index < -0.39 is 64.0 Å².